The van der Waals surface area contributed by atoms with Crippen LogP contribution in [0.4, 0.5) is 0 Å². The molecule has 2 fully saturated rings. The van der Waals surface area contributed by atoms with Crippen molar-refractivity contribution >= 4 is 17.8 Å². The molecule has 3 rings (SSSR count). The van der Waals surface area contributed by atoms with Gasteiger partial charge in [0.2, 0.25) is 5.91 Å². The van der Waals surface area contributed by atoms with Gasteiger partial charge in [0.05, 0.1) is 12.5 Å². The number of rotatable bonds is 4. The lowest BCUT2D eigenvalue weighted by molar-refractivity contribution is -0.149. The SMILES string of the molecule is CCOc1ccc(C(=O)N2C[C@H]3C(=O)NC[C@@]3(C(=O)O)C2)o1. The van der Waals surface area contributed by atoms with Crippen molar-refractivity contribution in [3.63, 3.8) is 0 Å². The highest BCUT2D eigenvalue weighted by Crippen LogP contribution is 2.40. The number of furan rings is 1. The number of carbonyl (C=O) groups excluding carboxylic acids is 2. The van der Waals surface area contributed by atoms with E-state index in [0.29, 0.717) is 6.61 Å². The van der Waals surface area contributed by atoms with E-state index in [1.165, 1.54) is 17.0 Å². The lowest BCUT2D eigenvalue weighted by Crippen LogP contribution is -2.41. The first kappa shape index (κ1) is 14.4. The Morgan fingerprint density at radius 3 is 2.95 bits per heavy atom. The zero-order valence-electron chi connectivity index (χ0n) is 12.0. The van der Waals surface area contributed by atoms with E-state index in [1.807, 2.05) is 0 Å². The van der Waals surface area contributed by atoms with Gasteiger partial charge in [0.25, 0.3) is 11.9 Å². The van der Waals surface area contributed by atoms with Crippen LogP contribution in [0, 0.1) is 11.3 Å². The molecule has 0 spiro atoms. The molecule has 0 unspecified atom stereocenters. The predicted octanol–water partition coefficient (Wildman–Crippen LogP) is -0.0489. The fourth-order valence-corrected chi connectivity index (χ4v) is 3.05. The summed E-state index contributed by atoms with van der Waals surface area (Å²) < 4.78 is 10.4. The fourth-order valence-electron chi connectivity index (χ4n) is 3.05. The van der Waals surface area contributed by atoms with Gasteiger partial charge in [-0.15, -0.1) is 0 Å². The second-order valence-corrected chi connectivity index (χ2v) is 5.47. The molecule has 1 aromatic heterocycles. The molecule has 2 amide bonds. The van der Waals surface area contributed by atoms with Gasteiger partial charge in [0.15, 0.2) is 5.76 Å². The molecule has 2 aliphatic heterocycles. The van der Waals surface area contributed by atoms with E-state index in [1.54, 1.807) is 6.92 Å². The van der Waals surface area contributed by atoms with E-state index in [0.717, 1.165) is 0 Å². The molecule has 8 heteroatoms. The first-order chi connectivity index (χ1) is 10.5. The van der Waals surface area contributed by atoms with Crippen LogP contribution < -0.4 is 10.1 Å². The van der Waals surface area contributed by atoms with Crippen LogP contribution in [-0.4, -0.2) is 54.0 Å². The summed E-state index contributed by atoms with van der Waals surface area (Å²) in [6.45, 7) is 2.30. The summed E-state index contributed by atoms with van der Waals surface area (Å²) >= 11 is 0. The summed E-state index contributed by atoms with van der Waals surface area (Å²) in [6.07, 6.45) is 0. The Bertz CT molecular complexity index is 639. The lowest BCUT2D eigenvalue weighted by Gasteiger charge is -2.21. The standard InChI is InChI=1S/C14H16N2O6/c1-2-21-10-4-3-9(22-10)12(18)16-5-8-11(17)15-6-14(8,7-16)13(19)20/h3-4,8H,2,5-7H2,1H3,(H,15,17)(H,19,20)/t8-,14+/m0/s1. The average molecular weight is 308 g/mol. The Hall–Kier alpha value is -2.51. The molecule has 2 atom stereocenters. The first-order valence-corrected chi connectivity index (χ1v) is 7.01. The highest BCUT2D eigenvalue weighted by Gasteiger charge is 2.60. The van der Waals surface area contributed by atoms with Crippen molar-refractivity contribution in [3.05, 3.63) is 17.9 Å². The smallest absolute Gasteiger partial charge is 0.314 e. The van der Waals surface area contributed by atoms with Crippen molar-refractivity contribution in [1.82, 2.24) is 10.2 Å². The third kappa shape index (κ3) is 2.02. The second-order valence-electron chi connectivity index (χ2n) is 5.47. The minimum Gasteiger partial charge on any atom is -0.481 e. The summed E-state index contributed by atoms with van der Waals surface area (Å²) in [5.41, 5.74) is -1.25. The number of ether oxygens (including phenoxy) is 1. The maximum absolute atomic E-state index is 12.4. The Morgan fingerprint density at radius 1 is 1.55 bits per heavy atom. The van der Waals surface area contributed by atoms with Crippen molar-refractivity contribution in [2.24, 2.45) is 11.3 Å². The number of hydrogen-bond acceptors (Lipinski definition) is 5. The Balaban J connectivity index is 1.80. The van der Waals surface area contributed by atoms with Crippen molar-refractivity contribution in [2.45, 2.75) is 6.92 Å². The van der Waals surface area contributed by atoms with Gasteiger partial charge in [-0.3, -0.25) is 14.4 Å². The van der Waals surface area contributed by atoms with Gasteiger partial charge in [-0.1, -0.05) is 0 Å². The molecule has 0 aliphatic carbocycles. The number of aliphatic carboxylic acids is 1. The number of carboxylic acid groups (broad SMARTS) is 1. The molecule has 2 saturated heterocycles. The Morgan fingerprint density at radius 2 is 2.32 bits per heavy atom. The molecule has 22 heavy (non-hydrogen) atoms. The molecule has 8 nitrogen and oxygen atoms in total. The number of likely N-dealkylation sites (tertiary alicyclic amines) is 1. The van der Waals surface area contributed by atoms with Gasteiger partial charge in [0, 0.05) is 25.7 Å². The highest BCUT2D eigenvalue weighted by molar-refractivity contribution is 5.97. The van der Waals surface area contributed by atoms with E-state index in [9.17, 15) is 19.5 Å². The van der Waals surface area contributed by atoms with Gasteiger partial charge >= 0.3 is 5.97 Å². The molecule has 118 valence electrons. The van der Waals surface area contributed by atoms with E-state index in [4.69, 9.17) is 9.15 Å². The van der Waals surface area contributed by atoms with Crippen LogP contribution in [0.25, 0.3) is 0 Å². The minimum absolute atomic E-state index is 0.0186. The molecule has 0 aromatic carbocycles. The van der Waals surface area contributed by atoms with Crippen LogP contribution in [-0.2, 0) is 9.59 Å². The molecule has 0 radical (unpaired) electrons. The summed E-state index contributed by atoms with van der Waals surface area (Å²) in [6, 6.07) is 3.02. The first-order valence-electron chi connectivity index (χ1n) is 7.01. The molecule has 2 N–H and O–H groups in total. The lowest BCUT2D eigenvalue weighted by atomic mass is 9.81. The molecular formula is C14H16N2O6. The van der Waals surface area contributed by atoms with Crippen LogP contribution in [0.15, 0.2) is 16.5 Å². The van der Waals surface area contributed by atoms with E-state index < -0.39 is 23.2 Å². The number of hydrogen-bond donors (Lipinski definition) is 2. The predicted molar refractivity (Wildman–Crippen MR) is 72.3 cm³/mol. The van der Waals surface area contributed by atoms with Crippen LogP contribution >= 0.6 is 0 Å². The van der Waals surface area contributed by atoms with Crippen LogP contribution in [0.3, 0.4) is 0 Å². The maximum Gasteiger partial charge on any atom is 0.314 e. The van der Waals surface area contributed by atoms with Crippen LogP contribution in [0.2, 0.25) is 0 Å². The summed E-state index contributed by atoms with van der Waals surface area (Å²) in [4.78, 5) is 37.1. The van der Waals surface area contributed by atoms with Gasteiger partial charge in [-0.05, 0) is 13.0 Å². The average Bonchev–Trinajstić information content (AvgIpc) is 3.15. The maximum atomic E-state index is 12.4. The number of nitrogens with zero attached hydrogens (tertiary/aromatic N) is 1. The normalized spacial score (nSPS) is 26.7. The number of fused-ring (bicyclic) bond motifs is 1. The highest BCUT2D eigenvalue weighted by atomic mass is 16.6. The van der Waals surface area contributed by atoms with Gasteiger partial charge in [-0.2, -0.15) is 0 Å². The zero-order valence-corrected chi connectivity index (χ0v) is 12.0. The quantitative estimate of drug-likeness (QED) is 0.807. The largest absolute Gasteiger partial charge is 0.481 e. The molecule has 2 aliphatic rings. The third-order valence-electron chi connectivity index (χ3n) is 4.23. The van der Waals surface area contributed by atoms with Gasteiger partial charge in [-0.25, -0.2) is 0 Å². The van der Waals surface area contributed by atoms with Crippen molar-refractivity contribution in [1.29, 1.82) is 0 Å². The number of amides is 2. The minimum atomic E-state index is -1.25. The third-order valence-corrected chi connectivity index (χ3v) is 4.23. The number of nitrogens with one attached hydrogen (secondary N) is 1. The second kappa shape index (κ2) is 5.04. The van der Waals surface area contributed by atoms with Gasteiger partial charge in [0.1, 0.15) is 5.41 Å². The topological polar surface area (TPSA) is 109 Å². The van der Waals surface area contributed by atoms with Crippen molar-refractivity contribution in [2.75, 3.05) is 26.2 Å². The number of carbonyl (C=O) groups is 3. The van der Waals surface area contributed by atoms with Crippen molar-refractivity contribution in [3.8, 4) is 5.95 Å². The fraction of sp³-hybridized carbons (Fsp3) is 0.500. The molecule has 3 heterocycles. The number of carboxylic acids is 1. The summed E-state index contributed by atoms with van der Waals surface area (Å²) in [5.74, 6) is -2.25. The Kier molecular flexibility index (Phi) is 3.31. The van der Waals surface area contributed by atoms with E-state index in [-0.39, 0.29) is 37.2 Å². The summed E-state index contributed by atoms with van der Waals surface area (Å²) in [7, 11) is 0. The molecule has 1 aromatic rings. The molecule has 0 saturated carbocycles. The summed E-state index contributed by atoms with van der Waals surface area (Å²) in [5, 5.41) is 12.0. The van der Waals surface area contributed by atoms with Crippen LogP contribution in [0.5, 0.6) is 5.95 Å². The van der Waals surface area contributed by atoms with Gasteiger partial charge < -0.3 is 24.5 Å². The Labute approximate surface area is 126 Å². The monoisotopic (exact) mass is 308 g/mol. The zero-order chi connectivity index (χ0) is 15.9. The van der Waals surface area contributed by atoms with Crippen LogP contribution in [0.1, 0.15) is 17.5 Å². The van der Waals surface area contributed by atoms with E-state index >= 15 is 0 Å². The van der Waals surface area contributed by atoms with Crippen molar-refractivity contribution < 1.29 is 28.6 Å². The van der Waals surface area contributed by atoms with E-state index in [2.05, 4.69) is 5.32 Å². The molecular weight excluding hydrogens is 292 g/mol. The molecule has 0 bridgehead atoms.